The molecule has 0 atom stereocenters. The molecule has 1 saturated carbocycles. The van der Waals surface area contributed by atoms with Crippen molar-refractivity contribution in [1.29, 1.82) is 0 Å². The van der Waals surface area contributed by atoms with Crippen molar-refractivity contribution in [3.05, 3.63) is 83.6 Å². The third-order valence-corrected chi connectivity index (χ3v) is 7.43. The minimum absolute atomic E-state index is 0.162. The van der Waals surface area contributed by atoms with E-state index in [4.69, 9.17) is 13.9 Å². The number of amides is 1. The van der Waals surface area contributed by atoms with Crippen LogP contribution < -0.4 is 5.32 Å². The van der Waals surface area contributed by atoms with Crippen LogP contribution in [0.25, 0.3) is 21.8 Å². The fraction of sp³-hybridized carbons (Fsp3) is 0.222. The molecule has 0 saturated heterocycles. The molecule has 1 aliphatic rings. The molecule has 0 spiro atoms. The Bertz CT molecular complexity index is 1320. The van der Waals surface area contributed by atoms with Crippen LogP contribution in [0.4, 0.5) is 10.6 Å². The zero-order valence-electron chi connectivity index (χ0n) is 19.2. The lowest BCUT2D eigenvalue weighted by atomic mass is 10.1. The number of hydrogen-bond acceptors (Lipinski definition) is 7. The molecule has 2 heterocycles. The van der Waals surface area contributed by atoms with Crippen LogP contribution in [0.1, 0.15) is 23.3 Å². The van der Waals surface area contributed by atoms with E-state index >= 15 is 0 Å². The van der Waals surface area contributed by atoms with Crippen molar-refractivity contribution >= 4 is 29.2 Å². The first kappa shape index (κ1) is 22.9. The van der Waals surface area contributed by atoms with Gasteiger partial charge in [-0.3, -0.25) is 10.1 Å². The molecule has 0 unspecified atom stereocenters. The predicted octanol–water partition coefficient (Wildman–Crippen LogP) is 6.07. The Morgan fingerprint density at radius 2 is 1.77 bits per heavy atom. The molecule has 178 valence electrons. The highest BCUT2D eigenvalue weighted by Gasteiger charge is 2.53. The minimum atomic E-state index is -0.585. The van der Waals surface area contributed by atoms with E-state index < -0.39 is 11.5 Å². The molecule has 0 radical (unpaired) electrons. The molecule has 1 N–H and O–H groups in total. The van der Waals surface area contributed by atoms with Crippen molar-refractivity contribution in [2.45, 2.75) is 24.7 Å². The van der Waals surface area contributed by atoms with Crippen LogP contribution >= 0.6 is 11.3 Å². The zero-order chi connectivity index (χ0) is 24.3. The molecule has 4 aromatic rings. The van der Waals surface area contributed by atoms with Gasteiger partial charge in [0.1, 0.15) is 5.41 Å². The summed E-state index contributed by atoms with van der Waals surface area (Å²) in [6.45, 7) is 0.262. The highest BCUT2D eigenvalue weighted by atomic mass is 32.1. The van der Waals surface area contributed by atoms with Gasteiger partial charge >= 0.3 is 12.1 Å². The number of aromatic nitrogens is 1. The number of rotatable bonds is 8. The summed E-state index contributed by atoms with van der Waals surface area (Å²) < 4.78 is 15.8. The van der Waals surface area contributed by atoms with Gasteiger partial charge in [0.2, 0.25) is 0 Å². The number of nitrogens with one attached hydrogen (secondary N) is 1. The molecule has 1 aliphatic carbocycles. The maximum atomic E-state index is 12.2. The van der Waals surface area contributed by atoms with Crippen molar-refractivity contribution in [1.82, 2.24) is 4.98 Å². The fourth-order valence-corrected chi connectivity index (χ4v) is 5.23. The van der Waals surface area contributed by atoms with Crippen molar-refractivity contribution in [3.63, 3.8) is 0 Å². The molecule has 1 amide bonds. The summed E-state index contributed by atoms with van der Waals surface area (Å²) in [4.78, 5) is 30.6. The molecule has 2 aromatic heterocycles. The maximum absolute atomic E-state index is 12.2. The van der Waals surface area contributed by atoms with Gasteiger partial charge in [0, 0.05) is 21.7 Å². The monoisotopic (exact) mass is 488 g/mol. The molecular formula is C27H24N2O5S. The number of nitrogens with zero attached hydrogens (tertiary/aromatic N) is 1. The first-order valence-corrected chi connectivity index (χ1v) is 12.1. The summed E-state index contributed by atoms with van der Waals surface area (Å²) in [5.41, 5.74) is 2.43. The lowest BCUT2D eigenvalue weighted by Crippen LogP contribution is -2.20. The van der Waals surface area contributed by atoms with Gasteiger partial charge in [-0.15, -0.1) is 11.3 Å². The first-order chi connectivity index (χ1) is 17.1. The van der Waals surface area contributed by atoms with Crippen molar-refractivity contribution in [3.8, 4) is 21.8 Å². The van der Waals surface area contributed by atoms with E-state index in [0.717, 1.165) is 39.3 Å². The number of anilines is 1. The molecule has 7 nitrogen and oxygen atoms in total. The minimum Gasteiger partial charge on any atom is -0.468 e. The Hall–Kier alpha value is -3.91. The number of esters is 1. The second-order valence-electron chi connectivity index (χ2n) is 8.34. The van der Waals surface area contributed by atoms with Gasteiger partial charge in [-0.25, -0.2) is 4.79 Å². The van der Waals surface area contributed by atoms with Crippen LogP contribution in [0, 0.1) is 0 Å². The average molecular weight is 489 g/mol. The second-order valence-corrected chi connectivity index (χ2v) is 9.43. The topological polar surface area (TPSA) is 90.7 Å². The van der Waals surface area contributed by atoms with Gasteiger partial charge in [0.25, 0.3) is 0 Å². The Morgan fingerprint density at radius 3 is 2.49 bits per heavy atom. The molecule has 8 heteroatoms. The van der Waals surface area contributed by atoms with E-state index in [1.165, 1.54) is 13.5 Å². The largest absolute Gasteiger partial charge is 0.468 e. The van der Waals surface area contributed by atoms with Gasteiger partial charge in [-0.05, 0) is 36.1 Å². The number of hydrogen-bond donors (Lipinski definition) is 1. The molecule has 0 aliphatic heterocycles. The Morgan fingerprint density at radius 1 is 1.03 bits per heavy atom. The average Bonchev–Trinajstić information content (AvgIpc) is 3.31. The lowest BCUT2D eigenvalue weighted by molar-refractivity contribution is -0.143. The zero-order valence-corrected chi connectivity index (χ0v) is 20.0. The van der Waals surface area contributed by atoms with Crippen LogP contribution in [-0.2, 0) is 26.1 Å². The SMILES string of the molecule is COC(=O)C1(c2ccc(-c3ccc(-c4ocnc4NC(=O)OCCc4ccccc4)cc3)s2)CC1. The third kappa shape index (κ3) is 4.83. The highest BCUT2D eigenvalue weighted by Crippen LogP contribution is 2.52. The van der Waals surface area contributed by atoms with Crippen LogP contribution in [0.5, 0.6) is 0 Å². The second kappa shape index (κ2) is 9.76. The predicted molar refractivity (Wildman–Crippen MR) is 133 cm³/mol. The van der Waals surface area contributed by atoms with Gasteiger partial charge in [0.15, 0.2) is 18.0 Å². The van der Waals surface area contributed by atoms with E-state index in [1.54, 1.807) is 11.3 Å². The Labute approximate surface area is 206 Å². The fourth-order valence-electron chi connectivity index (χ4n) is 3.99. The Kier molecular flexibility index (Phi) is 6.37. The maximum Gasteiger partial charge on any atom is 0.412 e. The molecule has 2 aromatic carbocycles. The van der Waals surface area contributed by atoms with Gasteiger partial charge in [-0.2, -0.15) is 4.98 Å². The van der Waals surface area contributed by atoms with E-state index in [9.17, 15) is 9.59 Å². The lowest BCUT2D eigenvalue weighted by Gasteiger charge is -2.09. The van der Waals surface area contributed by atoms with E-state index in [1.807, 2.05) is 66.7 Å². The normalized spacial score (nSPS) is 13.7. The molecule has 35 heavy (non-hydrogen) atoms. The summed E-state index contributed by atoms with van der Waals surface area (Å²) >= 11 is 1.61. The number of benzene rings is 2. The number of methoxy groups -OCH3 is 1. The summed E-state index contributed by atoms with van der Waals surface area (Å²) in [6, 6.07) is 21.6. The first-order valence-electron chi connectivity index (χ1n) is 11.3. The Balaban J connectivity index is 1.23. The van der Waals surface area contributed by atoms with Gasteiger partial charge in [0.05, 0.1) is 13.7 Å². The van der Waals surface area contributed by atoms with Gasteiger partial charge < -0.3 is 13.9 Å². The molecular weight excluding hydrogens is 464 g/mol. The third-order valence-electron chi connectivity index (χ3n) is 6.09. The molecule has 1 fully saturated rings. The van der Waals surface area contributed by atoms with Crippen LogP contribution in [0.3, 0.4) is 0 Å². The van der Waals surface area contributed by atoms with Crippen molar-refractivity contribution in [2.75, 3.05) is 19.0 Å². The highest BCUT2D eigenvalue weighted by molar-refractivity contribution is 7.15. The standard InChI is InChI=1S/C27H24N2O5S/c1-32-25(30)27(14-15-27)22-12-11-21(35-22)19-7-9-20(10-8-19)23-24(28-17-34-23)29-26(31)33-16-13-18-5-3-2-4-6-18/h2-12,17H,13-16H2,1H3,(H,29,31). The number of ether oxygens (including phenoxy) is 2. The number of carbonyl (C=O) groups is 2. The smallest absolute Gasteiger partial charge is 0.412 e. The van der Waals surface area contributed by atoms with E-state index in [-0.39, 0.29) is 12.6 Å². The molecule has 0 bridgehead atoms. The van der Waals surface area contributed by atoms with Crippen LogP contribution in [-0.4, -0.2) is 30.8 Å². The van der Waals surface area contributed by atoms with E-state index in [0.29, 0.717) is 18.0 Å². The summed E-state index contributed by atoms with van der Waals surface area (Å²) in [7, 11) is 1.44. The summed E-state index contributed by atoms with van der Waals surface area (Å²) in [5, 5.41) is 2.66. The molecule has 5 rings (SSSR count). The van der Waals surface area contributed by atoms with Crippen molar-refractivity contribution in [2.24, 2.45) is 0 Å². The quantitative estimate of drug-likeness (QED) is 0.303. The number of thiophene rings is 1. The van der Waals surface area contributed by atoms with Crippen LogP contribution in [0.2, 0.25) is 0 Å². The van der Waals surface area contributed by atoms with E-state index in [2.05, 4.69) is 10.3 Å². The summed E-state index contributed by atoms with van der Waals surface area (Å²) in [6.07, 6.45) is 2.99. The number of oxazole rings is 1. The van der Waals surface area contributed by atoms with Gasteiger partial charge in [-0.1, -0.05) is 54.6 Å². The van der Waals surface area contributed by atoms with Crippen LogP contribution in [0.15, 0.2) is 77.5 Å². The van der Waals surface area contributed by atoms with Crippen molar-refractivity contribution < 1.29 is 23.5 Å². The summed E-state index contributed by atoms with van der Waals surface area (Å²) in [5.74, 6) is 0.589. The number of carbonyl (C=O) groups excluding carboxylic acids is 2.